The van der Waals surface area contributed by atoms with Crippen LogP contribution >= 0.6 is 11.3 Å². The summed E-state index contributed by atoms with van der Waals surface area (Å²) in [5.74, 6) is 0.768. The number of hydrogen-bond acceptors (Lipinski definition) is 4. The number of aromatic amines is 1. The summed E-state index contributed by atoms with van der Waals surface area (Å²) < 4.78 is 0. The largest absolute Gasteiger partial charge is 0.336 e. The molecular formula is C22H23N3O2S. The van der Waals surface area contributed by atoms with Gasteiger partial charge in [0.2, 0.25) is 5.91 Å². The van der Waals surface area contributed by atoms with Crippen LogP contribution in [0.3, 0.4) is 0 Å². The fraction of sp³-hybridized carbons (Fsp3) is 0.409. The summed E-state index contributed by atoms with van der Waals surface area (Å²) in [5.41, 5.74) is 2.35. The van der Waals surface area contributed by atoms with Gasteiger partial charge in [-0.25, -0.2) is 4.98 Å². The first-order valence-corrected chi connectivity index (χ1v) is 10.9. The number of nitrogens with zero attached hydrogens (tertiary/aromatic N) is 2. The lowest BCUT2D eigenvalue weighted by Gasteiger charge is -2.25. The first-order chi connectivity index (χ1) is 13.7. The number of hydrogen-bond donors (Lipinski definition) is 1. The van der Waals surface area contributed by atoms with E-state index in [1.807, 2.05) is 23.1 Å². The third kappa shape index (κ3) is 3.05. The number of H-pyrrole nitrogens is 1. The van der Waals surface area contributed by atoms with Gasteiger partial charge in [0.05, 0.1) is 11.4 Å². The van der Waals surface area contributed by atoms with Crippen molar-refractivity contribution < 1.29 is 4.79 Å². The van der Waals surface area contributed by atoms with E-state index < -0.39 is 0 Å². The molecular weight excluding hydrogens is 370 g/mol. The summed E-state index contributed by atoms with van der Waals surface area (Å²) in [5, 5.41) is 0.774. The van der Waals surface area contributed by atoms with Gasteiger partial charge < -0.3 is 9.88 Å². The maximum atomic E-state index is 12.9. The van der Waals surface area contributed by atoms with E-state index in [0.717, 1.165) is 48.9 Å². The second-order valence-corrected chi connectivity index (χ2v) is 8.79. The number of aryl methyl sites for hydroxylation is 3. The molecule has 0 bridgehead atoms. The Hall–Kier alpha value is -2.47. The Morgan fingerprint density at radius 3 is 2.93 bits per heavy atom. The van der Waals surface area contributed by atoms with Gasteiger partial charge in [-0.05, 0) is 43.2 Å². The highest BCUT2D eigenvalue weighted by molar-refractivity contribution is 7.18. The molecule has 5 rings (SSSR count). The molecule has 1 aliphatic heterocycles. The number of carbonyl (C=O) groups excluding carboxylic acids is 1. The van der Waals surface area contributed by atoms with E-state index in [9.17, 15) is 9.59 Å². The maximum Gasteiger partial charge on any atom is 0.259 e. The van der Waals surface area contributed by atoms with Gasteiger partial charge in [0, 0.05) is 24.3 Å². The summed E-state index contributed by atoms with van der Waals surface area (Å²) >= 11 is 1.65. The van der Waals surface area contributed by atoms with Gasteiger partial charge in [-0.1, -0.05) is 30.3 Å². The highest BCUT2D eigenvalue weighted by Crippen LogP contribution is 2.35. The third-order valence-electron chi connectivity index (χ3n) is 5.96. The zero-order chi connectivity index (χ0) is 19.1. The van der Waals surface area contributed by atoms with Gasteiger partial charge in [-0.15, -0.1) is 11.3 Å². The van der Waals surface area contributed by atoms with Crippen molar-refractivity contribution in [3.63, 3.8) is 0 Å². The van der Waals surface area contributed by atoms with Gasteiger partial charge in [0.25, 0.3) is 5.56 Å². The SMILES string of the molecule is O=C(CCc1nc2sc3c(c2c(=O)[nH]1)CCC3)N1CCC[C@@H]1c1ccccc1. The first-order valence-electron chi connectivity index (χ1n) is 10.1. The molecule has 6 heteroatoms. The Kier molecular flexibility index (Phi) is 4.51. The van der Waals surface area contributed by atoms with Crippen LogP contribution in [0.4, 0.5) is 0 Å². The van der Waals surface area contributed by atoms with Crippen LogP contribution in [-0.4, -0.2) is 27.3 Å². The number of thiophene rings is 1. The van der Waals surface area contributed by atoms with Gasteiger partial charge in [-0.2, -0.15) is 0 Å². The van der Waals surface area contributed by atoms with Gasteiger partial charge in [0.15, 0.2) is 0 Å². The Morgan fingerprint density at radius 1 is 1.21 bits per heavy atom. The van der Waals surface area contributed by atoms with E-state index in [1.54, 1.807) is 11.3 Å². The molecule has 1 saturated heterocycles. The number of carbonyl (C=O) groups is 1. The van der Waals surface area contributed by atoms with Crippen LogP contribution < -0.4 is 5.56 Å². The number of fused-ring (bicyclic) bond motifs is 3. The number of rotatable bonds is 4. The maximum absolute atomic E-state index is 12.9. The Bertz CT molecular complexity index is 1090. The molecule has 0 radical (unpaired) electrons. The van der Waals surface area contributed by atoms with Crippen molar-refractivity contribution in [3.8, 4) is 0 Å². The molecule has 3 aromatic rings. The molecule has 5 nitrogen and oxygen atoms in total. The van der Waals surface area contributed by atoms with E-state index in [-0.39, 0.29) is 17.5 Å². The summed E-state index contributed by atoms with van der Waals surface area (Å²) in [4.78, 5) is 37.2. The molecule has 1 atom stereocenters. The molecule has 3 heterocycles. The van der Waals surface area contributed by atoms with E-state index in [0.29, 0.717) is 18.7 Å². The van der Waals surface area contributed by atoms with Gasteiger partial charge in [-0.3, -0.25) is 9.59 Å². The van der Waals surface area contributed by atoms with Crippen LogP contribution in [0.5, 0.6) is 0 Å². The molecule has 1 aliphatic carbocycles. The van der Waals surface area contributed by atoms with Crippen molar-refractivity contribution >= 4 is 27.5 Å². The van der Waals surface area contributed by atoms with Crippen LogP contribution in [0, 0.1) is 0 Å². The van der Waals surface area contributed by atoms with Gasteiger partial charge in [0.1, 0.15) is 10.7 Å². The van der Waals surface area contributed by atoms with Gasteiger partial charge >= 0.3 is 0 Å². The second-order valence-electron chi connectivity index (χ2n) is 7.71. The fourth-order valence-electron chi connectivity index (χ4n) is 4.62. The van der Waals surface area contributed by atoms with E-state index in [2.05, 4.69) is 22.1 Å². The number of nitrogens with one attached hydrogen (secondary N) is 1. The average molecular weight is 394 g/mol. The van der Waals surface area contributed by atoms with Crippen LogP contribution in [0.15, 0.2) is 35.1 Å². The zero-order valence-electron chi connectivity index (χ0n) is 15.7. The van der Waals surface area contributed by atoms with Crippen molar-refractivity contribution in [3.05, 3.63) is 62.5 Å². The normalized spacial score (nSPS) is 18.7. The van der Waals surface area contributed by atoms with Crippen molar-refractivity contribution in [1.82, 2.24) is 14.9 Å². The predicted octanol–water partition coefficient (Wildman–Crippen LogP) is 3.77. The topological polar surface area (TPSA) is 66.1 Å². The highest BCUT2D eigenvalue weighted by atomic mass is 32.1. The lowest BCUT2D eigenvalue weighted by molar-refractivity contribution is -0.132. The number of benzene rings is 1. The molecule has 2 aromatic heterocycles. The molecule has 1 amide bonds. The van der Waals surface area contributed by atoms with E-state index in [1.165, 1.54) is 16.0 Å². The Labute approximate surface area is 167 Å². The molecule has 1 fully saturated rings. The Balaban J connectivity index is 1.32. The number of amides is 1. The molecule has 2 aliphatic rings. The smallest absolute Gasteiger partial charge is 0.259 e. The van der Waals surface area contributed by atoms with Crippen molar-refractivity contribution in [2.75, 3.05) is 6.54 Å². The molecule has 1 N–H and O–H groups in total. The quantitative estimate of drug-likeness (QED) is 0.734. The second kappa shape index (κ2) is 7.17. The summed E-state index contributed by atoms with van der Waals surface area (Å²) in [7, 11) is 0. The van der Waals surface area contributed by atoms with Crippen LogP contribution in [0.25, 0.3) is 10.2 Å². The van der Waals surface area contributed by atoms with Crippen molar-refractivity contribution in [1.29, 1.82) is 0 Å². The minimum Gasteiger partial charge on any atom is -0.336 e. The van der Waals surface area contributed by atoms with Crippen molar-refractivity contribution in [2.24, 2.45) is 0 Å². The molecule has 28 heavy (non-hydrogen) atoms. The minimum absolute atomic E-state index is 0.0461. The van der Waals surface area contributed by atoms with Crippen LogP contribution in [0.1, 0.15) is 53.6 Å². The standard InChI is InChI=1S/C22H23N3O2S/c26-19(25-13-5-9-16(25)14-6-2-1-3-7-14)12-11-18-23-21(27)20-15-8-4-10-17(15)28-22(20)24-18/h1-3,6-7,16H,4-5,8-13H2,(H,23,24,27)/t16-/m1/s1. The fourth-order valence-corrected chi connectivity index (χ4v) is 5.90. The summed E-state index contributed by atoms with van der Waals surface area (Å²) in [6.45, 7) is 0.805. The molecule has 0 spiro atoms. The molecule has 144 valence electrons. The van der Waals surface area contributed by atoms with Crippen LogP contribution in [0.2, 0.25) is 0 Å². The molecule has 0 unspecified atom stereocenters. The number of aromatic nitrogens is 2. The predicted molar refractivity (Wildman–Crippen MR) is 111 cm³/mol. The first kappa shape index (κ1) is 17.6. The van der Waals surface area contributed by atoms with E-state index >= 15 is 0 Å². The van der Waals surface area contributed by atoms with Crippen LogP contribution in [-0.2, 0) is 24.1 Å². The zero-order valence-corrected chi connectivity index (χ0v) is 16.6. The lowest BCUT2D eigenvalue weighted by atomic mass is 10.0. The molecule has 1 aromatic carbocycles. The van der Waals surface area contributed by atoms with Crippen molar-refractivity contribution in [2.45, 2.75) is 51.0 Å². The minimum atomic E-state index is -0.0461. The Morgan fingerprint density at radius 2 is 2.07 bits per heavy atom. The van der Waals surface area contributed by atoms with E-state index in [4.69, 9.17) is 0 Å². The lowest BCUT2D eigenvalue weighted by Crippen LogP contribution is -2.31. The molecule has 0 saturated carbocycles. The summed E-state index contributed by atoms with van der Waals surface area (Å²) in [6, 6.07) is 10.4. The monoisotopic (exact) mass is 393 g/mol. The third-order valence-corrected chi connectivity index (χ3v) is 7.14. The highest BCUT2D eigenvalue weighted by Gasteiger charge is 2.29. The summed E-state index contributed by atoms with van der Waals surface area (Å²) in [6.07, 6.45) is 6.07. The number of likely N-dealkylation sites (tertiary alicyclic amines) is 1. The average Bonchev–Trinajstić information content (AvgIpc) is 3.42.